The van der Waals surface area contributed by atoms with Gasteiger partial charge >= 0.3 is 6.36 Å². The standard InChI is InChI=1S/C19H24F3N3OS/c1-13(27-2)12-25-10-4-3-5-17(25)18-23-11-16(24-18)14-6-8-15(9-7-14)26-19(20,21)22/h6-9,11,13,17H,3-5,10,12H2,1-2H3,(H,23,24). The summed E-state index contributed by atoms with van der Waals surface area (Å²) in [4.78, 5) is 10.4. The van der Waals surface area contributed by atoms with Gasteiger partial charge in [-0.3, -0.25) is 4.90 Å². The Morgan fingerprint density at radius 1 is 1.30 bits per heavy atom. The minimum atomic E-state index is -4.68. The number of alkyl halides is 3. The number of H-pyrrole nitrogens is 1. The first-order valence-electron chi connectivity index (χ1n) is 9.03. The lowest BCUT2D eigenvalue weighted by Crippen LogP contribution is -2.37. The van der Waals surface area contributed by atoms with E-state index in [-0.39, 0.29) is 11.8 Å². The second-order valence-electron chi connectivity index (χ2n) is 6.81. The van der Waals surface area contributed by atoms with Crippen LogP contribution in [0.5, 0.6) is 5.75 Å². The van der Waals surface area contributed by atoms with Gasteiger partial charge in [0.05, 0.1) is 17.9 Å². The zero-order chi connectivity index (χ0) is 19.4. The number of thioether (sulfide) groups is 1. The predicted molar refractivity (Wildman–Crippen MR) is 102 cm³/mol. The molecule has 2 heterocycles. The van der Waals surface area contributed by atoms with Crippen molar-refractivity contribution in [2.75, 3.05) is 19.3 Å². The van der Waals surface area contributed by atoms with Gasteiger partial charge in [0.1, 0.15) is 11.6 Å². The summed E-state index contributed by atoms with van der Waals surface area (Å²) < 4.78 is 40.8. The van der Waals surface area contributed by atoms with Crippen LogP contribution in [0.15, 0.2) is 30.5 Å². The van der Waals surface area contributed by atoms with Crippen LogP contribution in [0.1, 0.15) is 38.1 Å². The van der Waals surface area contributed by atoms with Crippen LogP contribution in [0, 0.1) is 0 Å². The van der Waals surface area contributed by atoms with Gasteiger partial charge < -0.3 is 9.72 Å². The number of nitrogens with one attached hydrogen (secondary N) is 1. The van der Waals surface area contributed by atoms with Gasteiger partial charge in [0.2, 0.25) is 0 Å². The molecule has 1 aliphatic heterocycles. The molecule has 0 saturated carbocycles. The van der Waals surface area contributed by atoms with Crippen LogP contribution in [-0.4, -0.2) is 45.8 Å². The van der Waals surface area contributed by atoms with E-state index in [0.29, 0.717) is 5.25 Å². The summed E-state index contributed by atoms with van der Waals surface area (Å²) >= 11 is 1.86. The fraction of sp³-hybridized carbons (Fsp3) is 0.526. The molecule has 8 heteroatoms. The molecule has 1 saturated heterocycles. The number of ether oxygens (including phenoxy) is 1. The van der Waals surface area contributed by atoms with E-state index in [1.54, 1.807) is 18.3 Å². The molecule has 1 N–H and O–H groups in total. The zero-order valence-corrected chi connectivity index (χ0v) is 16.2. The second kappa shape index (κ2) is 8.56. The molecule has 4 nitrogen and oxygen atoms in total. The number of benzene rings is 1. The maximum atomic E-state index is 12.3. The monoisotopic (exact) mass is 399 g/mol. The number of nitrogens with zero attached hydrogens (tertiary/aromatic N) is 2. The largest absolute Gasteiger partial charge is 0.573 e. The van der Waals surface area contributed by atoms with Gasteiger partial charge in [-0.25, -0.2) is 4.98 Å². The van der Waals surface area contributed by atoms with E-state index >= 15 is 0 Å². The Morgan fingerprint density at radius 3 is 2.70 bits per heavy atom. The van der Waals surface area contributed by atoms with E-state index in [2.05, 4.69) is 32.8 Å². The van der Waals surface area contributed by atoms with Crippen LogP contribution in [0.4, 0.5) is 13.2 Å². The minimum Gasteiger partial charge on any atom is -0.406 e. The van der Waals surface area contributed by atoms with Gasteiger partial charge in [0.15, 0.2) is 0 Å². The summed E-state index contributed by atoms with van der Waals surface area (Å²) in [5.41, 5.74) is 1.58. The van der Waals surface area contributed by atoms with E-state index in [1.165, 1.54) is 25.0 Å². The normalized spacial score (nSPS) is 19.8. The maximum Gasteiger partial charge on any atom is 0.573 e. The minimum absolute atomic E-state index is 0.226. The van der Waals surface area contributed by atoms with Crippen molar-refractivity contribution in [2.24, 2.45) is 0 Å². The van der Waals surface area contributed by atoms with Gasteiger partial charge in [-0.05, 0) is 55.5 Å². The highest BCUT2D eigenvalue weighted by Crippen LogP contribution is 2.32. The lowest BCUT2D eigenvalue weighted by Gasteiger charge is -2.35. The SMILES string of the molecule is CSC(C)CN1CCCCC1c1ncc(-c2ccc(OC(F)(F)F)cc2)[nH]1. The highest BCUT2D eigenvalue weighted by atomic mass is 32.2. The quantitative estimate of drug-likeness (QED) is 0.720. The van der Waals surface area contributed by atoms with E-state index in [0.717, 1.165) is 36.6 Å². The van der Waals surface area contributed by atoms with E-state index in [9.17, 15) is 13.2 Å². The predicted octanol–water partition coefficient (Wildman–Crippen LogP) is 5.25. The van der Waals surface area contributed by atoms with Crippen molar-refractivity contribution in [2.45, 2.75) is 43.8 Å². The summed E-state index contributed by atoms with van der Waals surface area (Å²) in [6, 6.07) is 6.10. The molecule has 1 aromatic heterocycles. The smallest absolute Gasteiger partial charge is 0.406 e. The van der Waals surface area contributed by atoms with Crippen LogP contribution in [0.2, 0.25) is 0 Å². The summed E-state index contributed by atoms with van der Waals surface area (Å²) in [6.45, 7) is 4.31. The molecule has 2 unspecified atom stereocenters. The number of imidazole rings is 1. The fourth-order valence-electron chi connectivity index (χ4n) is 3.41. The Hall–Kier alpha value is -1.67. The average molecular weight is 399 g/mol. The molecule has 148 valence electrons. The van der Waals surface area contributed by atoms with Crippen molar-refractivity contribution in [1.29, 1.82) is 0 Å². The Balaban J connectivity index is 1.73. The van der Waals surface area contributed by atoms with Crippen LogP contribution in [0.3, 0.4) is 0 Å². The summed E-state index contributed by atoms with van der Waals surface area (Å²) in [6.07, 6.45) is 2.63. The number of piperidine rings is 1. The molecule has 0 bridgehead atoms. The van der Waals surface area contributed by atoms with E-state index < -0.39 is 6.36 Å². The third-order valence-corrected chi connectivity index (χ3v) is 5.77. The summed E-state index contributed by atoms with van der Waals surface area (Å²) in [5, 5.41) is 0.557. The van der Waals surface area contributed by atoms with E-state index in [1.807, 2.05) is 11.8 Å². The average Bonchev–Trinajstić information content (AvgIpc) is 3.11. The Kier molecular flexibility index (Phi) is 6.37. The number of aromatic nitrogens is 2. The molecule has 2 aromatic rings. The van der Waals surface area contributed by atoms with Crippen LogP contribution in [-0.2, 0) is 0 Å². The summed E-state index contributed by atoms with van der Waals surface area (Å²) in [7, 11) is 0. The Bertz CT molecular complexity index is 733. The second-order valence-corrected chi connectivity index (χ2v) is 8.08. The molecule has 0 spiro atoms. The van der Waals surface area contributed by atoms with Gasteiger partial charge in [-0.15, -0.1) is 13.2 Å². The molecule has 0 radical (unpaired) electrons. The molecule has 2 atom stereocenters. The van der Waals surface area contributed by atoms with Gasteiger partial charge in [0, 0.05) is 11.8 Å². The van der Waals surface area contributed by atoms with Crippen molar-refractivity contribution in [3.05, 3.63) is 36.3 Å². The van der Waals surface area contributed by atoms with E-state index in [4.69, 9.17) is 0 Å². The van der Waals surface area contributed by atoms with Crippen molar-refractivity contribution in [1.82, 2.24) is 14.9 Å². The molecule has 27 heavy (non-hydrogen) atoms. The van der Waals surface area contributed by atoms with Crippen molar-refractivity contribution < 1.29 is 17.9 Å². The first-order chi connectivity index (χ1) is 12.9. The molecule has 1 aliphatic rings. The maximum absolute atomic E-state index is 12.3. The third kappa shape index (κ3) is 5.42. The highest BCUT2D eigenvalue weighted by Gasteiger charge is 2.31. The number of hydrogen-bond acceptors (Lipinski definition) is 4. The highest BCUT2D eigenvalue weighted by molar-refractivity contribution is 7.99. The van der Waals surface area contributed by atoms with Gasteiger partial charge in [0.25, 0.3) is 0 Å². The Morgan fingerprint density at radius 2 is 2.04 bits per heavy atom. The third-order valence-electron chi connectivity index (χ3n) is 4.82. The number of halogens is 3. The molecule has 3 rings (SSSR count). The number of hydrogen-bond donors (Lipinski definition) is 1. The lowest BCUT2D eigenvalue weighted by molar-refractivity contribution is -0.274. The molecule has 1 aromatic carbocycles. The zero-order valence-electron chi connectivity index (χ0n) is 15.4. The van der Waals surface area contributed by atoms with Crippen molar-refractivity contribution in [3.63, 3.8) is 0 Å². The first kappa shape index (κ1) is 20.1. The molecule has 1 fully saturated rings. The number of aromatic amines is 1. The first-order valence-corrected chi connectivity index (χ1v) is 10.3. The van der Waals surface area contributed by atoms with Gasteiger partial charge in [-0.1, -0.05) is 13.3 Å². The number of likely N-dealkylation sites (tertiary alicyclic amines) is 1. The summed E-state index contributed by atoms with van der Waals surface area (Å²) in [5.74, 6) is 0.698. The van der Waals surface area contributed by atoms with Crippen LogP contribution < -0.4 is 4.74 Å². The van der Waals surface area contributed by atoms with Crippen LogP contribution >= 0.6 is 11.8 Å². The molecular weight excluding hydrogens is 375 g/mol. The number of rotatable bonds is 6. The molecule has 0 aliphatic carbocycles. The fourth-order valence-corrected chi connectivity index (χ4v) is 3.75. The van der Waals surface area contributed by atoms with Gasteiger partial charge in [-0.2, -0.15) is 11.8 Å². The van der Waals surface area contributed by atoms with Crippen LogP contribution in [0.25, 0.3) is 11.3 Å². The molecule has 0 amide bonds. The lowest BCUT2D eigenvalue weighted by atomic mass is 10.0. The van der Waals surface area contributed by atoms with Crippen molar-refractivity contribution >= 4 is 11.8 Å². The molecular formula is C19H24F3N3OS. The van der Waals surface area contributed by atoms with Crippen molar-refractivity contribution in [3.8, 4) is 17.0 Å². The Labute approximate surface area is 161 Å². The topological polar surface area (TPSA) is 41.2 Å².